The maximum absolute atomic E-state index is 13.1. The molecule has 4 rings (SSSR count). The lowest BCUT2D eigenvalue weighted by Crippen LogP contribution is -2.46. The van der Waals surface area contributed by atoms with Crippen molar-refractivity contribution in [3.05, 3.63) is 58.6 Å². The molecule has 13 heteroatoms. The van der Waals surface area contributed by atoms with Crippen LogP contribution in [0.4, 0.5) is 13.2 Å². The Labute approximate surface area is 214 Å². The molecule has 2 atom stereocenters. The van der Waals surface area contributed by atoms with E-state index in [2.05, 4.69) is 20.3 Å². The van der Waals surface area contributed by atoms with Gasteiger partial charge in [-0.15, -0.1) is 11.3 Å². The molecule has 1 N–H and O–H groups in total. The number of likely N-dealkylation sites (N-methyl/N-ethyl adjacent to an activating group) is 1. The Kier molecular flexibility index (Phi) is 7.73. The Hall–Kier alpha value is -3.58. The number of halogens is 3. The first-order chi connectivity index (χ1) is 17.5. The summed E-state index contributed by atoms with van der Waals surface area (Å²) in [6.45, 7) is 4.05. The lowest BCUT2D eigenvalue weighted by Gasteiger charge is -2.29. The van der Waals surface area contributed by atoms with Gasteiger partial charge in [-0.3, -0.25) is 9.59 Å². The van der Waals surface area contributed by atoms with Crippen molar-refractivity contribution >= 4 is 23.2 Å². The van der Waals surface area contributed by atoms with Crippen LogP contribution < -0.4 is 10.1 Å². The number of hydrogen-bond donors (Lipinski definition) is 1. The molecule has 3 aromatic rings. The number of alkyl halides is 3. The fourth-order valence-electron chi connectivity index (χ4n) is 3.55. The molecule has 0 aliphatic carbocycles. The van der Waals surface area contributed by atoms with Crippen LogP contribution in [0.1, 0.15) is 39.6 Å². The molecule has 0 spiro atoms. The molecule has 1 aromatic carbocycles. The molecule has 1 unspecified atom stereocenters. The van der Waals surface area contributed by atoms with Crippen LogP contribution in [0.3, 0.4) is 0 Å². The number of aromatic nitrogens is 3. The Morgan fingerprint density at radius 3 is 2.59 bits per heavy atom. The SMILES string of the molecule is Cc1cnc(-c2cc(OC[C@H]3CN(C)C(=O)CO3)cc(C(=O)NC(C)c3cnc(C(F)(F)F)nc3)c2)s1. The first kappa shape index (κ1) is 26.5. The molecular weight excluding hydrogens is 511 g/mol. The summed E-state index contributed by atoms with van der Waals surface area (Å²) < 4.78 is 49.7. The molecule has 1 saturated heterocycles. The molecule has 1 fully saturated rings. The van der Waals surface area contributed by atoms with Gasteiger partial charge in [0.25, 0.3) is 5.91 Å². The number of thiazole rings is 1. The van der Waals surface area contributed by atoms with E-state index in [0.29, 0.717) is 28.4 Å². The highest BCUT2D eigenvalue weighted by Crippen LogP contribution is 2.30. The highest BCUT2D eigenvalue weighted by molar-refractivity contribution is 7.14. The van der Waals surface area contributed by atoms with E-state index in [1.807, 2.05) is 6.92 Å². The quantitative estimate of drug-likeness (QED) is 0.492. The second kappa shape index (κ2) is 10.8. The van der Waals surface area contributed by atoms with Crippen LogP contribution in [0.2, 0.25) is 0 Å². The van der Waals surface area contributed by atoms with Crippen LogP contribution in [0, 0.1) is 6.92 Å². The van der Waals surface area contributed by atoms with Gasteiger partial charge in [0, 0.05) is 53.8 Å². The third kappa shape index (κ3) is 6.60. The first-order valence-electron chi connectivity index (χ1n) is 11.3. The van der Waals surface area contributed by atoms with Crippen LogP contribution in [0.5, 0.6) is 5.75 Å². The molecule has 0 radical (unpaired) electrons. The van der Waals surface area contributed by atoms with Crippen LogP contribution >= 0.6 is 11.3 Å². The van der Waals surface area contributed by atoms with Crippen molar-refractivity contribution in [2.24, 2.45) is 0 Å². The van der Waals surface area contributed by atoms with Crippen molar-refractivity contribution in [2.45, 2.75) is 32.2 Å². The van der Waals surface area contributed by atoms with Gasteiger partial charge < -0.3 is 19.7 Å². The summed E-state index contributed by atoms with van der Waals surface area (Å²) in [5.41, 5.74) is 1.26. The third-order valence-corrected chi connectivity index (χ3v) is 6.55. The van der Waals surface area contributed by atoms with Gasteiger partial charge in [0.1, 0.15) is 30.1 Å². The molecule has 3 heterocycles. The van der Waals surface area contributed by atoms with E-state index < -0.39 is 23.9 Å². The van der Waals surface area contributed by atoms with Crippen LogP contribution in [0.15, 0.2) is 36.8 Å². The summed E-state index contributed by atoms with van der Waals surface area (Å²) in [6.07, 6.45) is -1.18. The summed E-state index contributed by atoms with van der Waals surface area (Å²) in [7, 11) is 1.69. The van der Waals surface area contributed by atoms with Gasteiger partial charge in [-0.2, -0.15) is 13.2 Å². The number of aryl methyl sites for hydroxylation is 1. The van der Waals surface area contributed by atoms with Crippen LogP contribution in [-0.2, 0) is 15.7 Å². The molecule has 0 saturated carbocycles. The molecule has 196 valence electrons. The summed E-state index contributed by atoms with van der Waals surface area (Å²) in [4.78, 5) is 38.4. The van der Waals surface area contributed by atoms with Crippen molar-refractivity contribution in [3.8, 4) is 16.3 Å². The Balaban J connectivity index is 1.52. The summed E-state index contributed by atoms with van der Waals surface area (Å²) >= 11 is 1.46. The second-order valence-corrected chi connectivity index (χ2v) is 9.81. The van der Waals surface area contributed by atoms with Gasteiger partial charge in [0.15, 0.2) is 0 Å². The van der Waals surface area contributed by atoms with Crippen molar-refractivity contribution in [3.63, 3.8) is 0 Å². The van der Waals surface area contributed by atoms with E-state index in [9.17, 15) is 22.8 Å². The van der Waals surface area contributed by atoms with E-state index in [1.54, 1.807) is 43.3 Å². The van der Waals surface area contributed by atoms with Gasteiger partial charge in [0.05, 0.1) is 6.04 Å². The Morgan fingerprint density at radius 1 is 1.24 bits per heavy atom. The summed E-state index contributed by atoms with van der Waals surface area (Å²) in [5, 5.41) is 3.45. The molecule has 2 aromatic heterocycles. The predicted molar refractivity (Wildman–Crippen MR) is 128 cm³/mol. The largest absolute Gasteiger partial charge is 0.491 e. The normalized spacial score (nSPS) is 17.0. The molecule has 2 amide bonds. The van der Waals surface area contributed by atoms with Gasteiger partial charge in [-0.25, -0.2) is 15.0 Å². The monoisotopic (exact) mass is 535 g/mol. The fourth-order valence-corrected chi connectivity index (χ4v) is 4.30. The number of carbonyl (C=O) groups excluding carboxylic acids is 2. The van der Waals surface area contributed by atoms with Gasteiger partial charge in [-0.05, 0) is 32.0 Å². The lowest BCUT2D eigenvalue weighted by atomic mass is 10.1. The van der Waals surface area contributed by atoms with E-state index in [1.165, 1.54) is 11.3 Å². The topological polar surface area (TPSA) is 107 Å². The standard InChI is InChI=1S/C24H24F3N5O4S/c1-13-7-28-22(37-13)16-4-15(5-18(6-16)35-11-19-10-32(3)20(33)12-36-19)21(34)31-14(2)17-8-29-23(30-9-17)24(25,26)27/h4-9,14,19H,10-12H2,1-3H3,(H,31,34)/t14?,19-/m1/s1. The average molecular weight is 536 g/mol. The minimum absolute atomic E-state index is 0.0256. The van der Waals surface area contributed by atoms with E-state index >= 15 is 0 Å². The van der Waals surface area contributed by atoms with Crippen LogP contribution in [0.25, 0.3) is 10.6 Å². The van der Waals surface area contributed by atoms with Crippen molar-refractivity contribution < 1.29 is 32.2 Å². The molecular formula is C24H24F3N5O4S. The Bertz CT molecular complexity index is 1280. The van der Waals surface area contributed by atoms with Gasteiger partial charge >= 0.3 is 6.18 Å². The van der Waals surface area contributed by atoms with E-state index in [4.69, 9.17) is 9.47 Å². The maximum Gasteiger partial charge on any atom is 0.451 e. The van der Waals surface area contributed by atoms with Gasteiger partial charge in [-0.1, -0.05) is 0 Å². The second-order valence-electron chi connectivity index (χ2n) is 8.57. The first-order valence-corrected chi connectivity index (χ1v) is 12.1. The molecule has 37 heavy (non-hydrogen) atoms. The fraction of sp³-hybridized carbons (Fsp3) is 0.375. The van der Waals surface area contributed by atoms with Crippen molar-refractivity contribution in [1.82, 2.24) is 25.2 Å². The minimum Gasteiger partial charge on any atom is -0.491 e. The van der Waals surface area contributed by atoms with Crippen molar-refractivity contribution in [2.75, 3.05) is 26.8 Å². The molecule has 9 nitrogen and oxygen atoms in total. The smallest absolute Gasteiger partial charge is 0.451 e. The van der Waals surface area contributed by atoms with Crippen LogP contribution in [-0.4, -0.2) is 64.6 Å². The number of nitrogens with zero attached hydrogens (tertiary/aromatic N) is 4. The third-order valence-electron chi connectivity index (χ3n) is 5.59. The zero-order valence-electron chi connectivity index (χ0n) is 20.2. The average Bonchev–Trinajstić information content (AvgIpc) is 3.30. The molecule has 1 aliphatic rings. The number of morpholine rings is 1. The number of benzene rings is 1. The number of carbonyl (C=O) groups is 2. The number of ether oxygens (including phenoxy) is 2. The minimum atomic E-state index is -4.65. The van der Waals surface area contributed by atoms with E-state index in [-0.39, 0.29) is 30.8 Å². The zero-order valence-corrected chi connectivity index (χ0v) is 21.0. The molecule has 0 bridgehead atoms. The summed E-state index contributed by atoms with van der Waals surface area (Å²) in [6, 6.07) is 4.33. The number of amides is 2. The predicted octanol–water partition coefficient (Wildman–Crippen LogP) is 3.65. The van der Waals surface area contributed by atoms with E-state index in [0.717, 1.165) is 17.3 Å². The Morgan fingerprint density at radius 2 is 1.97 bits per heavy atom. The number of rotatable bonds is 7. The zero-order chi connectivity index (χ0) is 26.7. The number of hydrogen-bond acceptors (Lipinski definition) is 8. The van der Waals surface area contributed by atoms with Gasteiger partial charge in [0.2, 0.25) is 11.7 Å². The summed E-state index contributed by atoms with van der Waals surface area (Å²) in [5.74, 6) is -1.42. The molecule has 1 aliphatic heterocycles. The highest BCUT2D eigenvalue weighted by Gasteiger charge is 2.34. The number of nitrogens with one attached hydrogen (secondary N) is 1. The maximum atomic E-state index is 13.1. The van der Waals surface area contributed by atoms with Crippen molar-refractivity contribution in [1.29, 1.82) is 0 Å². The highest BCUT2D eigenvalue weighted by atomic mass is 32.1. The lowest BCUT2D eigenvalue weighted by molar-refractivity contribution is -0.148.